The summed E-state index contributed by atoms with van der Waals surface area (Å²) in [5, 5.41) is 3.49. The van der Waals surface area contributed by atoms with E-state index in [1.54, 1.807) is 18.5 Å². The fourth-order valence-corrected chi connectivity index (χ4v) is 3.13. The fourth-order valence-electron chi connectivity index (χ4n) is 3.13. The van der Waals surface area contributed by atoms with Gasteiger partial charge in [0.15, 0.2) is 0 Å². The Balaban J connectivity index is 1.75. The lowest BCUT2D eigenvalue weighted by molar-refractivity contribution is 0.312. The minimum atomic E-state index is -0.183. The number of piperazine rings is 1. The zero-order valence-corrected chi connectivity index (χ0v) is 14.7. The predicted molar refractivity (Wildman–Crippen MR) is 94.6 cm³/mol. The molecule has 24 heavy (non-hydrogen) atoms. The number of hydrogen-bond donors (Lipinski definition) is 1. The van der Waals surface area contributed by atoms with Gasteiger partial charge in [-0.25, -0.2) is 9.37 Å². The largest absolute Gasteiger partial charge is 0.369 e. The molecule has 1 aliphatic rings. The van der Waals surface area contributed by atoms with Gasteiger partial charge >= 0.3 is 0 Å². The second-order valence-electron chi connectivity index (χ2n) is 6.59. The van der Waals surface area contributed by atoms with Gasteiger partial charge in [-0.05, 0) is 37.7 Å². The number of imidazole rings is 1. The number of nitrogens with zero attached hydrogens (tertiary/aromatic N) is 4. The molecule has 1 aromatic carbocycles. The maximum absolute atomic E-state index is 13.8. The van der Waals surface area contributed by atoms with Crippen molar-refractivity contribution in [3.63, 3.8) is 0 Å². The summed E-state index contributed by atoms with van der Waals surface area (Å²) < 4.78 is 15.8. The molecule has 1 fully saturated rings. The van der Waals surface area contributed by atoms with Gasteiger partial charge in [0.25, 0.3) is 0 Å². The molecule has 1 saturated heterocycles. The molecular weight excluding hydrogens is 305 g/mol. The van der Waals surface area contributed by atoms with Crippen LogP contribution in [0, 0.1) is 5.82 Å². The molecule has 1 N–H and O–H groups in total. The zero-order valence-electron chi connectivity index (χ0n) is 14.7. The minimum absolute atomic E-state index is 0.0604. The lowest BCUT2D eigenvalue weighted by Gasteiger charge is -2.36. The highest BCUT2D eigenvalue weighted by atomic mass is 19.1. The van der Waals surface area contributed by atoms with E-state index in [0.717, 1.165) is 43.1 Å². The summed E-state index contributed by atoms with van der Waals surface area (Å²) in [5.74, 6) is -0.183. The van der Waals surface area contributed by atoms with Gasteiger partial charge in [-0.2, -0.15) is 0 Å². The second kappa shape index (κ2) is 7.32. The molecule has 0 spiro atoms. The molecule has 130 valence electrons. The van der Waals surface area contributed by atoms with Crippen LogP contribution in [0.15, 0.2) is 30.7 Å². The molecule has 0 saturated carbocycles. The summed E-state index contributed by atoms with van der Waals surface area (Å²) >= 11 is 0. The molecule has 0 unspecified atom stereocenters. The lowest BCUT2D eigenvalue weighted by Crippen LogP contribution is -2.45. The molecular formula is C18H26FN5. The summed E-state index contributed by atoms with van der Waals surface area (Å²) in [7, 11) is 4.12. The number of hydrogen-bond acceptors (Lipinski definition) is 4. The molecule has 5 nitrogen and oxygen atoms in total. The van der Waals surface area contributed by atoms with Crippen LogP contribution < -0.4 is 10.2 Å². The first-order valence-corrected chi connectivity index (χ1v) is 8.46. The highest BCUT2D eigenvalue weighted by molar-refractivity contribution is 5.55. The smallest absolute Gasteiger partial charge is 0.123 e. The third-order valence-electron chi connectivity index (χ3n) is 4.81. The summed E-state index contributed by atoms with van der Waals surface area (Å²) in [5.41, 5.74) is 3.26. The standard InChI is InChI=1S/C18H26FN5/c1-14(21-12-16-11-20-13-23(16)3)17-10-15(19)4-5-18(17)24-8-6-22(2)7-9-24/h4-5,10-11,13-14,21H,6-9,12H2,1-3H3/t14-/m1/s1. The van der Waals surface area contributed by atoms with Crippen molar-refractivity contribution in [2.45, 2.75) is 19.5 Å². The Morgan fingerprint density at radius 3 is 2.62 bits per heavy atom. The van der Waals surface area contributed by atoms with Gasteiger partial charge in [0.2, 0.25) is 0 Å². The van der Waals surface area contributed by atoms with E-state index in [0.29, 0.717) is 6.54 Å². The van der Waals surface area contributed by atoms with Gasteiger partial charge in [-0.15, -0.1) is 0 Å². The van der Waals surface area contributed by atoms with Crippen LogP contribution in [0.5, 0.6) is 0 Å². The average molecular weight is 331 g/mol. The second-order valence-corrected chi connectivity index (χ2v) is 6.59. The van der Waals surface area contributed by atoms with Crippen molar-refractivity contribution < 1.29 is 4.39 Å². The normalized spacial score (nSPS) is 17.2. The molecule has 0 amide bonds. The Morgan fingerprint density at radius 1 is 1.21 bits per heavy atom. The molecule has 0 radical (unpaired) electrons. The van der Waals surface area contributed by atoms with Crippen molar-refractivity contribution in [2.24, 2.45) is 7.05 Å². The number of likely N-dealkylation sites (N-methyl/N-ethyl adjacent to an activating group) is 1. The van der Waals surface area contributed by atoms with Crippen LogP contribution >= 0.6 is 0 Å². The van der Waals surface area contributed by atoms with Crippen molar-refractivity contribution in [1.82, 2.24) is 19.8 Å². The number of halogens is 1. The number of aryl methyl sites for hydroxylation is 1. The number of benzene rings is 1. The topological polar surface area (TPSA) is 36.3 Å². The van der Waals surface area contributed by atoms with E-state index in [9.17, 15) is 4.39 Å². The molecule has 3 rings (SSSR count). The highest BCUT2D eigenvalue weighted by Gasteiger charge is 2.20. The Bertz CT molecular complexity index is 676. The van der Waals surface area contributed by atoms with Crippen LogP contribution in [0.3, 0.4) is 0 Å². The van der Waals surface area contributed by atoms with E-state index in [1.165, 1.54) is 0 Å². The fraction of sp³-hybridized carbons (Fsp3) is 0.500. The lowest BCUT2D eigenvalue weighted by atomic mass is 10.0. The molecule has 2 heterocycles. The molecule has 0 aliphatic carbocycles. The maximum Gasteiger partial charge on any atom is 0.123 e. The maximum atomic E-state index is 13.8. The summed E-state index contributed by atoms with van der Waals surface area (Å²) in [6.45, 7) is 6.82. The zero-order chi connectivity index (χ0) is 17.1. The monoisotopic (exact) mass is 331 g/mol. The summed E-state index contributed by atoms with van der Waals surface area (Å²) in [6.07, 6.45) is 3.65. The molecule has 1 atom stereocenters. The van der Waals surface area contributed by atoms with Gasteiger partial charge in [0.1, 0.15) is 5.82 Å². The van der Waals surface area contributed by atoms with Crippen LogP contribution in [-0.4, -0.2) is 47.7 Å². The number of anilines is 1. The van der Waals surface area contributed by atoms with Gasteiger partial charge < -0.3 is 19.7 Å². The third-order valence-corrected chi connectivity index (χ3v) is 4.81. The van der Waals surface area contributed by atoms with E-state index in [4.69, 9.17) is 0 Å². The van der Waals surface area contributed by atoms with Gasteiger partial charge in [0.05, 0.1) is 12.0 Å². The van der Waals surface area contributed by atoms with Gasteiger partial charge in [-0.1, -0.05) is 0 Å². The van der Waals surface area contributed by atoms with E-state index in [-0.39, 0.29) is 11.9 Å². The number of aromatic nitrogens is 2. The van der Waals surface area contributed by atoms with Crippen molar-refractivity contribution >= 4 is 5.69 Å². The van der Waals surface area contributed by atoms with E-state index in [2.05, 4.69) is 34.1 Å². The van der Waals surface area contributed by atoms with Crippen molar-refractivity contribution in [2.75, 3.05) is 38.1 Å². The third kappa shape index (κ3) is 3.76. The minimum Gasteiger partial charge on any atom is -0.369 e. The molecule has 0 bridgehead atoms. The van der Waals surface area contributed by atoms with Crippen LogP contribution in [0.25, 0.3) is 0 Å². The van der Waals surface area contributed by atoms with Crippen LogP contribution in [-0.2, 0) is 13.6 Å². The Labute approximate surface area is 143 Å². The van der Waals surface area contributed by atoms with Crippen LogP contribution in [0.1, 0.15) is 24.2 Å². The molecule has 1 aromatic heterocycles. The van der Waals surface area contributed by atoms with Crippen LogP contribution in [0.2, 0.25) is 0 Å². The van der Waals surface area contributed by atoms with Crippen molar-refractivity contribution in [3.05, 3.63) is 47.8 Å². The number of rotatable bonds is 5. The average Bonchev–Trinajstić information content (AvgIpc) is 2.98. The first kappa shape index (κ1) is 16.9. The van der Waals surface area contributed by atoms with Crippen molar-refractivity contribution in [1.29, 1.82) is 0 Å². The predicted octanol–water partition coefficient (Wildman–Crippen LogP) is 2.16. The van der Waals surface area contributed by atoms with Crippen molar-refractivity contribution in [3.8, 4) is 0 Å². The summed E-state index contributed by atoms with van der Waals surface area (Å²) in [6, 6.07) is 5.20. The van der Waals surface area contributed by atoms with E-state index < -0.39 is 0 Å². The molecule has 6 heteroatoms. The Kier molecular flexibility index (Phi) is 5.16. The molecule has 2 aromatic rings. The van der Waals surface area contributed by atoms with E-state index in [1.807, 2.05) is 23.9 Å². The number of nitrogens with one attached hydrogen (secondary N) is 1. The van der Waals surface area contributed by atoms with Gasteiger partial charge in [0, 0.05) is 57.7 Å². The first-order valence-electron chi connectivity index (χ1n) is 8.46. The van der Waals surface area contributed by atoms with Gasteiger partial charge in [-0.3, -0.25) is 0 Å². The first-order chi connectivity index (χ1) is 11.5. The summed E-state index contributed by atoms with van der Waals surface area (Å²) in [4.78, 5) is 8.82. The Hall–Kier alpha value is -1.92. The Morgan fingerprint density at radius 2 is 1.96 bits per heavy atom. The SMILES string of the molecule is C[C@@H](NCc1cncn1C)c1cc(F)ccc1N1CCN(C)CC1. The van der Waals surface area contributed by atoms with E-state index >= 15 is 0 Å². The molecule has 1 aliphatic heterocycles. The quantitative estimate of drug-likeness (QED) is 0.911. The van der Waals surface area contributed by atoms with Crippen LogP contribution in [0.4, 0.5) is 10.1 Å². The highest BCUT2D eigenvalue weighted by Crippen LogP contribution is 2.28.